The van der Waals surface area contributed by atoms with Crippen LogP contribution in [0, 0.1) is 5.92 Å². The molecule has 2 rings (SSSR count). The van der Waals surface area contributed by atoms with Crippen LogP contribution >= 0.6 is 0 Å². The highest BCUT2D eigenvalue weighted by atomic mass is 15.3. The third-order valence-corrected chi connectivity index (χ3v) is 4.13. The molecule has 0 bridgehead atoms. The fourth-order valence-electron chi connectivity index (χ4n) is 3.13. The van der Waals surface area contributed by atoms with Gasteiger partial charge in [-0.15, -0.1) is 0 Å². The van der Waals surface area contributed by atoms with E-state index in [0.717, 1.165) is 19.4 Å². The van der Waals surface area contributed by atoms with Crippen LogP contribution in [-0.4, -0.2) is 16.3 Å². The minimum absolute atomic E-state index is 0.609. The maximum Gasteiger partial charge on any atom is 0.124 e. The lowest BCUT2D eigenvalue weighted by Gasteiger charge is -2.18. The smallest absolute Gasteiger partial charge is 0.124 e. The molecule has 0 atom stereocenters. The molecule has 1 aliphatic carbocycles. The van der Waals surface area contributed by atoms with Gasteiger partial charge < -0.3 is 5.32 Å². The second kappa shape index (κ2) is 7.70. The first-order valence-electron chi connectivity index (χ1n) is 8.53. The second-order valence-corrected chi connectivity index (χ2v) is 6.64. The van der Waals surface area contributed by atoms with Crippen LogP contribution in [0.3, 0.4) is 0 Å². The van der Waals surface area contributed by atoms with Gasteiger partial charge in [-0.05, 0) is 31.6 Å². The topological polar surface area (TPSA) is 29.9 Å². The van der Waals surface area contributed by atoms with E-state index in [9.17, 15) is 0 Å². The lowest BCUT2D eigenvalue weighted by molar-refractivity contribution is 0.405. The fraction of sp³-hybridized carbons (Fsp3) is 0.824. The highest BCUT2D eigenvalue weighted by molar-refractivity contribution is 5.38. The SMILES string of the molecule is CCCNc1cc(CC(C)C)nn1C1CCCCCC1. The summed E-state index contributed by atoms with van der Waals surface area (Å²) in [5.41, 5.74) is 1.25. The Bertz CT molecular complexity index is 387. The summed E-state index contributed by atoms with van der Waals surface area (Å²) in [7, 11) is 0. The molecule has 3 nitrogen and oxygen atoms in total. The quantitative estimate of drug-likeness (QED) is 0.757. The van der Waals surface area contributed by atoms with Crippen molar-refractivity contribution >= 4 is 5.82 Å². The van der Waals surface area contributed by atoms with E-state index in [4.69, 9.17) is 5.10 Å². The van der Waals surface area contributed by atoms with Crippen LogP contribution in [0.15, 0.2) is 6.07 Å². The van der Waals surface area contributed by atoms with Crippen LogP contribution in [0.5, 0.6) is 0 Å². The summed E-state index contributed by atoms with van der Waals surface area (Å²) in [6.07, 6.45) is 10.3. The monoisotopic (exact) mass is 277 g/mol. The van der Waals surface area contributed by atoms with E-state index < -0.39 is 0 Å². The lowest BCUT2D eigenvalue weighted by Crippen LogP contribution is -2.14. The predicted molar refractivity (Wildman–Crippen MR) is 86.3 cm³/mol. The van der Waals surface area contributed by atoms with Crippen LogP contribution in [0.1, 0.15) is 77.5 Å². The third-order valence-electron chi connectivity index (χ3n) is 4.13. The molecular weight excluding hydrogens is 246 g/mol. The maximum atomic E-state index is 4.92. The molecule has 1 heterocycles. The van der Waals surface area contributed by atoms with Gasteiger partial charge >= 0.3 is 0 Å². The number of aromatic nitrogens is 2. The first kappa shape index (κ1) is 15.4. The number of hydrogen-bond acceptors (Lipinski definition) is 2. The van der Waals surface area contributed by atoms with Gasteiger partial charge in [-0.2, -0.15) is 5.10 Å². The Morgan fingerprint density at radius 3 is 2.55 bits per heavy atom. The second-order valence-electron chi connectivity index (χ2n) is 6.64. The molecule has 1 saturated carbocycles. The van der Waals surface area contributed by atoms with E-state index in [1.165, 1.54) is 50.0 Å². The van der Waals surface area contributed by atoms with Gasteiger partial charge in [0.2, 0.25) is 0 Å². The minimum atomic E-state index is 0.609. The Kier molecular flexibility index (Phi) is 5.93. The summed E-state index contributed by atoms with van der Waals surface area (Å²) in [5.74, 6) is 1.92. The van der Waals surface area contributed by atoms with Crippen LogP contribution in [-0.2, 0) is 6.42 Å². The molecule has 1 fully saturated rings. The van der Waals surface area contributed by atoms with Crippen LogP contribution in [0.2, 0.25) is 0 Å². The Labute approximate surface area is 124 Å². The largest absolute Gasteiger partial charge is 0.370 e. The molecule has 0 saturated heterocycles. The van der Waals surface area contributed by atoms with E-state index in [2.05, 4.69) is 36.8 Å². The van der Waals surface area contributed by atoms with Crippen molar-refractivity contribution in [3.8, 4) is 0 Å². The van der Waals surface area contributed by atoms with Gasteiger partial charge in [0.05, 0.1) is 11.7 Å². The van der Waals surface area contributed by atoms with E-state index in [1.807, 2.05) is 0 Å². The average molecular weight is 277 g/mol. The number of anilines is 1. The highest BCUT2D eigenvalue weighted by Gasteiger charge is 2.19. The van der Waals surface area contributed by atoms with E-state index in [0.29, 0.717) is 12.0 Å². The van der Waals surface area contributed by atoms with Crippen LogP contribution < -0.4 is 5.32 Å². The summed E-state index contributed by atoms with van der Waals surface area (Å²) >= 11 is 0. The van der Waals surface area contributed by atoms with Gasteiger partial charge in [0.25, 0.3) is 0 Å². The predicted octanol–water partition coefficient (Wildman–Crippen LogP) is 4.80. The molecule has 1 N–H and O–H groups in total. The van der Waals surface area contributed by atoms with Crippen molar-refractivity contribution in [1.29, 1.82) is 0 Å². The van der Waals surface area contributed by atoms with E-state index >= 15 is 0 Å². The molecule has 1 aliphatic rings. The number of nitrogens with zero attached hydrogens (tertiary/aromatic N) is 2. The third kappa shape index (κ3) is 4.26. The van der Waals surface area contributed by atoms with Gasteiger partial charge in [0.1, 0.15) is 5.82 Å². The van der Waals surface area contributed by atoms with E-state index in [-0.39, 0.29) is 0 Å². The zero-order chi connectivity index (χ0) is 14.4. The number of rotatable bonds is 6. The zero-order valence-corrected chi connectivity index (χ0v) is 13.5. The summed E-state index contributed by atoms with van der Waals surface area (Å²) in [6.45, 7) is 7.79. The Balaban J connectivity index is 2.15. The molecule has 0 spiro atoms. The van der Waals surface area contributed by atoms with Crippen LogP contribution in [0.4, 0.5) is 5.82 Å². The standard InChI is InChI=1S/C17H31N3/c1-4-11-18-17-13-15(12-14(2)3)19-20(17)16-9-7-5-6-8-10-16/h13-14,16,18H,4-12H2,1-3H3. The molecular formula is C17H31N3. The Morgan fingerprint density at radius 1 is 1.25 bits per heavy atom. The minimum Gasteiger partial charge on any atom is -0.370 e. The van der Waals surface area contributed by atoms with Crippen molar-refractivity contribution in [2.24, 2.45) is 5.92 Å². The number of nitrogens with one attached hydrogen (secondary N) is 1. The van der Waals surface area contributed by atoms with E-state index in [1.54, 1.807) is 0 Å². The molecule has 0 unspecified atom stereocenters. The van der Waals surface area contributed by atoms with Gasteiger partial charge in [-0.25, -0.2) is 4.68 Å². The summed E-state index contributed by atoms with van der Waals surface area (Å²) < 4.78 is 2.30. The van der Waals surface area contributed by atoms with Gasteiger partial charge in [-0.1, -0.05) is 46.5 Å². The molecule has 3 heteroatoms. The normalized spacial score (nSPS) is 17.4. The zero-order valence-electron chi connectivity index (χ0n) is 13.5. The molecule has 1 aromatic heterocycles. The Morgan fingerprint density at radius 2 is 1.95 bits per heavy atom. The van der Waals surface area contributed by atoms with Crippen molar-refractivity contribution < 1.29 is 0 Å². The molecule has 0 aliphatic heterocycles. The first-order valence-corrected chi connectivity index (χ1v) is 8.53. The van der Waals surface area contributed by atoms with Crippen molar-refractivity contribution in [3.63, 3.8) is 0 Å². The molecule has 0 amide bonds. The van der Waals surface area contributed by atoms with Crippen molar-refractivity contribution in [2.75, 3.05) is 11.9 Å². The summed E-state index contributed by atoms with van der Waals surface area (Å²) in [6, 6.07) is 2.89. The fourth-order valence-corrected chi connectivity index (χ4v) is 3.13. The molecule has 0 radical (unpaired) electrons. The molecule has 0 aromatic carbocycles. The van der Waals surface area contributed by atoms with Gasteiger partial charge in [0.15, 0.2) is 0 Å². The molecule has 20 heavy (non-hydrogen) atoms. The van der Waals surface area contributed by atoms with Gasteiger partial charge in [-0.3, -0.25) is 0 Å². The first-order chi connectivity index (χ1) is 9.70. The summed E-state index contributed by atoms with van der Waals surface area (Å²) in [5, 5.41) is 8.50. The molecule has 114 valence electrons. The highest BCUT2D eigenvalue weighted by Crippen LogP contribution is 2.30. The number of hydrogen-bond donors (Lipinski definition) is 1. The summed E-state index contributed by atoms with van der Waals surface area (Å²) in [4.78, 5) is 0. The van der Waals surface area contributed by atoms with Crippen LogP contribution in [0.25, 0.3) is 0 Å². The van der Waals surface area contributed by atoms with Crippen molar-refractivity contribution in [2.45, 2.75) is 78.2 Å². The molecule has 1 aromatic rings. The van der Waals surface area contributed by atoms with Crippen molar-refractivity contribution in [3.05, 3.63) is 11.8 Å². The maximum absolute atomic E-state index is 4.92. The lowest BCUT2D eigenvalue weighted by atomic mass is 10.1. The average Bonchev–Trinajstić information content (AvgIpc) is 2.64. The van der Waals surface area contributed by atoms with Gasteiger partial charge in [0, 0.05) is 12.6 Å². The Hall–Kier alpha value is -0.990. The van der Waals surface area contributed by atoms with Crippen molar-refractivity contribution in [1.82, 2.24) is 9.78 Å².